The number of esters is 1. The number of hydrogen-bond acceptors (Lipinski definition) is 3. The Hall–Kier alpha value is -1.62. The zero-order valence-electron chi connectivity index (χ0n) is 10.4. The molecule has 0 atom stereocenters. The molecule has 0 saturated carbocycles. The van der Waals surface area contributed by atoms with E-state index >= 15 is 0 Å². The van der Waals surface area contributed by atoms with Crippen molar-refractivity contribution in [2.45, 2.75) is 19.4 Å². The third kappa shape index (κ3) is 1.89. The van der Waals surface area contributed by atoms with Gasteiger partial charge in [-0.3, -0.25) is 4.79 Å². The van der Waals surface area contributed by atoms with Crippen molar-refractivity contribution in [1.29, 1.82) is 0 Å². The summed E-state index contributed by atoms with van der Waals surface area (Å²) in [7, 11) is 1.29. The normalized spacial score (nSPS) is 13.6. The van der Waals surface area contributed by atoms with E-state index in [1.165, 1.54) is 7.11 Å². The summed E-state index contributed by atoms with van der Waals surface area (Å²) < 4.78 is 7.32. The Labute approximate surface area is 118 Å². The maximum Gasteiger partial charge on any atom is 0.343 e. The molecule has 1 aromatic carbocycles. The highest BCUT2D eigenvalue weighted by Gasteiger charge is 2.20. The Bertz CT molecular complexity index is 748. The number of nitrogens with zero attached hydrogens (tertiary/aromatic N) is 1. The lowest BCUT2D eigenvalue weighted by atomic mass is 10.00. The largest absolute Gasteiger partial charge is 0.465 e. The number of halogens is 1. The van der Waals surface area contributed by atoms with Gasteiger partial charge < -0.3 is 9.30 Å². The molecule has 0 spiro atoms. The summed E-state index contributed by atoms with van der Waals surface area (Å²) in [5.41, 5.74) is 1.92. The second-order valence-corrected chi connectivity index (χ2v) is 5.53. The predicted molar refractivity (Wildman–Crippen MR) is 75.6 cm³/mol. The molecule has 98 valence electrons. The SMILES string of the molecule is COC(=O)c1cc2cc(Br)cc3c2n(c1=O)CCC3. The fourth-order valence-corrected chi connectivity index (χ4v) is 3.19. The number of hydrogen-bond donors (Lipinski definition) is 0. The van der Waals surface area contributed by atoms with E-state index < -0.39 is 5.97 Å². The number of benzene rings is 1. The summed E-state index contributed by atoms with van der Waals surface area (Å²) in [5.74, 6) is -0.581. The van der Waals surface area contributed by atoms with Gasteiger partial charge in [0.25, 0.3) is 5.56 Å². The van der Waals surface area contributed by atoms with Crippen LogP contribution in [-0.4, -0.2) is 17.6 Å². The Kier molecular flexibility index (Phi) is 2.93. The molecule has 0 fully saturated rings. The van der Waals surface area contributed by atoms with Crippen LogP contribution in [-0.2, 0) is 17.7 Å². The molecule has 0 N–H and O–H groups in total. The van der Waals surface area contributed by atoms with E-state index in [2.05, 4.69) is 20.7 Å². The number of pyridine rings is 1. The summed E-state index contributed by atoms with van der Waals surface area (Å²) in [5, 5.41) is 0.893. The van der Waals surface area contributed by atoms with Gasteiger partial charge in [0.05, 0.1) is 12.6 Å². The second kappa shape index (κ2) is 4.49. The molecule has 0 amide bonds. The predicted octanol–water partition coefficient (Wildman–Crippen LogP) is 2.50. The van der Waals surface area contributed by atoms with Crippen LogP contribution in [0.25, 0.3) is 10.9 Å². The molecular weight excluding hydrogens is 310 g/mol. The minimum absolute atomic E-state index is 0.0981. The maximum atomic E-state index is 12.3. The summed E-state index contributed by atoms with van der Waals surface area (Å²) in [4.78, 5) is 24.0. The van der Waals surface area contributed by atoms with Gasteiger partial charge >= 0.3 is 5.97 Å². The maximum absolute atomic E-state index is 12.3. The van der Waals surface area contributed by atoms with Gasteiger partial charge in [0.15, 0.2) is 0 Å². The van der Waals surface area contributed by atoms with Crippen LogP contribution in [0.1, 0.15) is 22.3 Å². The molecule has 0 radical (unpaired) electrons. The second-order valence-electron chi connectivity index (χ2n) is 4.61. The molecule has 0 aliphatic carbocycles. The summed E-state index contributed by atoms with van der Waals surface area (Å²) >= 11 is 3.47. The van der Waals surface area contributed by atoms with Crippen LogP contribution in [0.2, 0.25) is 0 Å². The van der Waals surface area contributed by atoms with E-state index in [-0.39, 0.29) is 11.1 Å². The third-order valence-electron chi connectivity index (χ3n) is 3.46. The first-order valence-corrected chi connectivity index (χ1v) is 6.85. The van der Waals surface area contributed by atoms with E-state index in [0.717, 1.165) is 33.8 Å². The van der Waals surface area contributed by atoms with Gasteiger partial charge in [0, 0.05) is 16.4 Å². The van der Waals surface area contributed by atoms with E-state index in [4.69, 9.17) is 0 Å². The van der Waals surface area contributed by atoms with Crippen LogP contribution in [0, 0.1) is 0 Å². The van der Waals surface area contributed by atoms with Crippen LogP contribution in [0.15, 0.2) is 27.5 Å². The molecule has 19 heavy (non-hydrogen) atoms. The highest BCUT2D eigenvalue weighted by atomic mass is 79.9. The van der Waals surface area contributed by atoms with Crippen LogP contribution >= 0.6 is 15.9 Å². The van der Waals surface area contributed by atoms with Crippen molar-refractivity contribution < 1.29 is 9.53 Å². The minimum Gasteiger partial charge on any atom is -0.465 e. The number of aryl methyl sites for hydroxylation is 2. The summed E-state index contributed by atoms with van der Waals surface area (Å²) in [6, 6.07) is 5.58. The van der Waals surface area contributed by atoms with Crippen molar-refractivity contribution in [2.75, 3.05) is 7.11 Å². The average molecular weight is 322 g/mol. The Morgan fingerprint density at radius 2 is 2.16 bits per heavy atom. The van der Waals surface area contributed by atoms with Crippen LogP contribution in [0.3, 0.4) is 0 Å². The molecule has 2 aromatic rings. The molecule has 1 aliphatic rings. The minimum atomic E-state index is -0.581. The highest BCUT2D eigenvalue weighted by molar-refractivity contribution is 9.10. The van der Waals surface area contributed by atoms with Crippen LogP contribution in [0.5, 0.6) is 0 Å². The van der Waals surface area contributed by atoms with Gasteiger partial charge in [-0.05, 0) is 36.6 Å². The molecule has 3 rings (SSSR count). The first-order valence-electron chi connectivity index (χ1n) is 6.06. The van der Waals surface area contributed by atoms with Gasteiger partial charge in [0.1, 0.15) is 5.56 Å². The monoisotopic (exact) mass is 321 g/mol. The van der Waals surface area contributed by atoms with Gasteiger partial charge in [0.2, 0.25) is 0 Å². The van der Waals surface area contributed by atoms with E-state index in [1.54, 1.807) is 10.6 Å². The molecule has 0 unspecified atom stereocenters. The van der Waals surface area contributed by atoms with E-state index in [9.17, 15) is 9.59 Å². The highest BCUT2D eigenvalue weighted by Crippen LogP contribution is 2.28. The Morgan fingerprint density at radius 1 is 1.37 bits per heavy atom. The van der Waals surface area contributed by atoms with Crippen molar-refractivity contribution in [3.05, 3.63) is 44.2 Å². The first-order chi connectivity index (χ1) is 9.11. The lowest BCUT2D eigenvalue weighted by Crippen LogP contribution is -2.29. The molecular formula is C14H12BrNO3. The zero-order valence-corrected chi connectivity index (χ0v) is 12.0. The molecule has 2 heterocycles. The standard InChI is InChI=1S/C14H12BrNO3/c1-19-14(18)11-7-9-6-10(15)5-8-3-2-4-16(12(8)9)13(11)17/h5-7H,2-4H2,1H3. The Morgan fingerprint density at radius 3 is 2.89 bits per heavy atom. The fraction of sp³-hybridized carbons (Fsp3) is 0.286. The molecule has 4 nitrogen and oxygen atoms in total. The van der Waals surface area contributed by atoms with E-state index in [0.29, 0.717) is 6.54 Å². The molecule has 0 bridgehead atoms. The van der Waals surface area contributed by atoms with Crippen LogP contribution in [0.4, 0.5) is 0 Å². The quantitative estimate of drug-likeness (QED) is 0.758. The van der Waals surface area contributed by atoms with Crippen molar-refractivity contribution in [3.63, 3.8) is 0 Å². The summed E-state index contributed by atoms with van der Waals surface area (Å²) in [6.45, 7) is 0.648. The zero-order chi connectivity index (χ0) is 13.6. The van der Waals surface area contributed by atoms with Crippen LogP contribution < -0.4 is 5.56 Å². The van der Waals surface area contributed by atoms with Crippen molar-refractivity contribution >= 4 is 32.8 Å². The lowest BCUT2D eigenvalue weighted by molar-refractivity contribution is 0.0598. The fourth-order valence-electron chi connectivity index (χ4n) is 2.67. The van der Waals surface area contributed by atoms with Crippen molar-refractivity contribution in [3.8, 4) is 0 Å². The number of ether oxygens (including phenoxy) is 1. The number of rotatable bonds is 1. The van der Waals surface area contributed by atoms with E-state index in [1.807, 2.05) is 12.1 Å². The summed E-state index contributed by atoms with van der Waals surface area (Å²) in [6.07, 6.45) is 1.86. The van der Waals surface area contributed by atoms with Gasteiger partial charge in [-0.15, -0.1) is 0 Å². The number of aromatic nitrogens is 1. The van der Waals surface area contributed by atoms with Gasteiger partial charge in [-0.2, -0.15) is 0 Å². The molecule has 1 aliphatic heterocycles. The third-order valence-corrected chi connectivity index (χ3v) is 3.92. The smallest absolute Gasteiger partial charge is 0.343 e. The molecule has 0 saturated heterocycles. The molecule has 5 heteroatoms. The number of carbonyl (C=O) groups is 1. The van der Waals surface area contributed by atoms with Gasteiger partial charge in [-0.25, -0.2) is 4.79 Å². The van der Waals surface area contributed by atoms with Crippen molar-refractivity contribution in [1.82, 2.24) is 4.57 Å². The topological polar surface area (TPSA) is 48.3 Å². The van der Waals surface area contributed by atoms with Gasteiger partial charge in [-0.1, -0.05) is 15.9 Å². The Balaban J connectivity index is 2.44. The van der Waals surface area contributed by atoms with Crippen molar-refractivity contribution in [2.24, 2.45) is 0 Å². The lowest BCUT2D eigenvalue weighted by Gasteiger charge is -2.20. The number of methoxy groups -OCH3 is 1. The number of carbonyl (C=O) groups excluding carboxylic acids is 1. The first kappa shape index (κ1) is 12.4. The average Bonchev–Trinajstić information content (AvgIpc) is 2.41. The molecule has 1 aromatic heterocycles.